The maximum atomic E-state index is 11.7. The maximum absolute atomic E-state index is 11.7. The van der Waals surface area contributed by atoms with E-state index in [4.69, 9.17) is 0 Å². The molecule has 0 bridgehead atoms. The number of imide groups is 1. The van der Waals surface area contributed by atoms with Gasteiger partial charge >= 0.3 is 6.03 Å². The van der Waals surface area contributed by atoms with Crippen molar-refractivity contribution in [3.63, 3.8) is 0 Å². The highest BCUT2D eigenvalue weighted by atomic mass is 16.2. The number of carbonyl (C=O) groups excluding carboxylic acids is 2. The number of nitrogens with one attached hydrogen (secondary N) is 3. The molecule has 1 unspecified atom stereocenters. The summed E-state index contributed by atoms with van der Waals surface area (Å²) in [6, 6.07) is 4.98. The monoisotopic (exact) mass is 249 g/mol. The highest BCUT2D eigenvalue weighted by Crippen LogP contribution is 2.17. The van der Waals surface area contributed by atoms with Crippen LogP contribution in [0, 0.1) is 13.8 Å². The number of rotatable bonds is 3. The van der Waals surface area contributed by atoms with Crippen LogP contribution in [0.4, 0.5) is 10.5 Å². The van der Waals surface area contributed by atoms with Gasteiger partial charge in [0.1, 0.15) is 6.04 Å². The van der Waals surface area contributed by atoms with Gasteiger partial charge in [-0.3, -0.25) is 10.1 Å². The van der Waals surface area contributed by atoms with Gasteiger partial charge in [-0.1, -0.05) is 12.1 Å². The lowest BCUT2D eigenvalue weighted by molar-refractivity contribution is -0.120. The average Bonchev–Trinajstić information content (AvgIpc) is 2.33. The third-order valence-electron chi connectivity index (χ3n) is 2.62. The van der Waals surface area contributed by atoms with Gasteiger partial charge in [0.15, 0.2) is 0 Å². The lowest BCUT2D eigenvalue weighted by atomic mass is 10.1. The molecule has 5 heteroatoms. The van der Waals surface area contributed by atoms with Crippen molar-refractivity contribution in [3.8, 4) is 0 Å². The maximum Gasteiger partial charge on any atom is 0.321 e. The third-order valence-corrected chi connectivity index (χ3v) is 2.62. The van der Waals surface area contributed by atoms with Crippen LogP contribution < -0.4 is 16.0 Å². The zero-order chi connectivity index (χ0) is 13.7. The molecular formula is C13H19N3O2. The van der Waals surface area contributed by atoms with E-state index in [-0.39, 0.29) is 5.91 Å². The molecule has 98 valence electrons. The van der Waals surface area contributed by atoms with Crippen molar-refractivity contribution in [2.75, 3.05) is 12.4 Å². The van der Waals surface area contributed by atoms with Crippen molar-refractivity contribution in [1.82, 2.24) is 10.6 Å². The first kappa shape index (κ1) is 14.0. The fraction of sp³-hybridized carbons (Fsp3) is 0.385. The zero-order valence-electron chi connectivity index (χ0n) is 11.1. The van der Waals surface area contributed by atoms with Gasteiger partial charge in [0.05, 0.1) is 0 Å². The Labute approximate surface area is 107 Å². The van der Waals surface area contributed by atoms with Gasteiger partial charge in [-0.2, -0.15) is 0 Å². The van der Waals surface area contributed by atoms with Gasteiger partial charge in [-0.25, -0.2) is 4.79 Å². The van der Waals surface area contributed by atoms with Gasteiger partial charge in [-0.05, 0) is 38.0 Å². The summed E-state index contributed by atoms with van der Waals surface area (Å²) >= 11 is 0. The molecule has 0 aliphatic carbocycles. The van der Waals surface area contributed by atoms with Crippen LogP contribution in [0.25, 0.3) is 0 Å². The lowest BCUT2D eigenvalue weighted by Crippen LogP contribution is -2.44. The van der Waals surface area contributed by atoms with Crippen LogP contribution >= 0.6 is 0 Å². The summed E-state index contributed by atoms with van der Waals surface area (Å²) in [6.07, 6.45) is 0. The number of amides is 3. The predicted octanol–water partition coefficient (Wildman–Crippen LogP) is 1.56. The third kappa shape index (κ3) is 3.76. The topological polar surface area (TPSA) is 70.2 Å². The van der Waals surface area contributed by atoms with Crippen LogP contribution in [-0.2, 0) is 4.79 Å². The van der Waals surface area contributed by atoms with E-state index < -0.39 is 12.1 Å². The minimum atomic E-state index is -0.505. The minimum absolute atomic E-state index is 0.366. The Hall–Kier alpha value is -2.04. The highest BCUT2D eigenvalue weighted by molar-refractivity contribution is 5.97. The Morgan fingerprint density at radius 1 is 1.22 bits per heavy atom. The van der Waals surface area contributed by atoms with Crippen molar-refractivity contribution in [3.05, 3.63) is 29.3 Å². The van der Waals surface area contributed by atoms with Crippen LogP contribution in [0.1, 0.15) is 18.1 Å². The first-order valence-electron chi connectivity index (χ1n) is 5.80. The molecule has 3 amide bonds. The smallest absolute Gasteiger partial charge is 0.321 e. The molecule has 0 heterocycles. The van der Waals surface area contributed by atoms with Crippen molar-refractivity contribution < 1.29 is 9.59 Å². The van der Waals surface area contributed by atoms with Gasteiger partial charge in [-0.15, -0.1) is 0 Å². The van der Waals surface area contributed by atoms with E-state index in [0.717, 1.165) is 16.8 Å². The van der Waals surface area contributed by atoms with E-state index in [1.54, 1.807) is 6.92 Å². The lowest BCUT2D eigenvalue weighted by Gasteiger charge is -2.16. The minimum Gasteiger partial charge on any atom is -0.374 e. The summed E-state index contributed by atoms with van der Waals surface area (Å²) in [5.74, 6) is -0.366. The Kier molecular flexibility index (Phi) is 4.71. The molecule has 5 nitrogen and oxygen atoms in total. The summed E-state index contributed by atoms with van der Waals surface area (Å²) in [6.45, 7) is 5.66. The molecule has 1 aromatic carbocycles. The molecule has 0 saturated carbocycles. The summed E-state index contributed by atoms with van der Waals surface area (Å²) in [4.78, 5) is 22.7. The normalized spacial score (nSPS) is 11.6. The molecule has 1 rings (SSSR count). The molecule has 0 aliphatic rings. The number of anilines is 1. The number of benzene rings is 1. The first-order valence-corrected chi connectivity index (χ1v) is 5.80. The molecule has 3 N–H and O–H groups in total. The summed E-state index contributed by atoms with van der Waals surface area (Å²) in [5, 5.41) is 7.66. The van der Waals surface area contributed by atoms with Gasteiger partial charge in [0.25, 0.3) is 0 Å². The van der Waals surface area contributed by atoms with E-state index in [1.807, 2.05) is 32.0 Å². The fourth-order valence-electron chi connectivity index (χ4n) is 1.47. The van der Waals surface area contributed by atoms with Gasteiger partial charge in [0.2, 0.25) is 5.91 Å². The van der Waals surface area contributed by atoms with Crippen molar-refractivity contribution in [1.29, 1.82) is 0 Å². The van der Waals surface area contributed by atoms with E-state index in [1.165, 1.54) is 7.05 Å². The Morgan fingerprint density at radius 2 is 1.89 bits per heavy atom. The predicted molar refractivity (Wildman–Crippen MR) is 71.6 cm³/mol. The second kappa shape index (κ2) is 6.05. The van der Waals surface area contributed by atoms with Crippen LogP contribution in [0.5, 0.6) is 0 Å². The molecule has 18 heavy (non-hydrogen) atoms. The van der Waals surface area contributed by atoms with Crippen molar-refractivity contribution in [2.24, 2.45) is 0 Å². The van der Waals surface area contributed by atoms with Crippen LogP contribution in [0.2, 0.25) is 0 Å². The molecule has 0 aromatic heterocycles. The van der Waals surface area contributed by atoms with E-state index in [0.29, 0.717) is 0 Å². The Balaban J connectivity index is 2.69. The summed E-state index contributed by atoms with van der Waals surface area (Å²) < 4.78 is 0. The molecule has 0 spiro atoms. The standard InChI is InChI=1S/C13H19N3O2/c1-8-5-6-9(2)11(7-8)15-10(3)12(17)16-13(18)14-4/h5-7,10,15H,1-4H3,(H2,14,16,17,18). The molecule has 0 saturated heterocycles. The average molecular weight is 249 g/mol. The molecule has 0 aliphatic heterocycles. The number of aryl methyl sites for hydroxylation is 2. The molecule has 0 radical (unpaired) electrons. The van der Waals surface area contributed by atoms with Gasteiger partial charge in [0, 0.05) is 12.7 Å². The van der Waals surface area contributed by atoms with Crippen molar-refractivity contribution >= 4 is 17.6 Å². The van der Waals surface area contributed by atoms with E-state index in [9.17, 15) is 9.59 Å². The Morgan fingerprint density at radius 3 is 2.50 bits per heavy atom. The second-order valence-corrected chi connectivity index (χ2v) is 4.25. The Bertz CT molecular complexity index is 458. The highest BCUT2D eigenvalue weighted by Gasteiger charge is 2.15. The number of carbonyl (C=O) groups is 2. The number of hydrogen-bond acceptors (Lipinski definition) is 3. The summed E-state index contributed by atoms with van der Waals surface area (Å²) in [7, 11) is 1.46. The second-order valence-electron chi connectivity index (χ2n) is 4.25. The fourth-order valence-corrected chi connectivity index (χ4v) is 1.47. The largest absolute Gasteiger partial charge is 0.374 e. The first-order chi connectivity index (χ1) is 8.43. The SMILES string of the molecule is CNC(=O)NC(=O)C(C)Nc1cc(C)ccc1C. The summed E-state index contributed by atoms with van der Waals surface area (Å²) in [5.41, 5.74) is 3.07. The number of urea groups is 1. The molecule has 1 aromatic rings. The van der Waals surface area contributed by atoms with Crippen LogP contribution in [0.3, 0.4) is 0 Å². The quantitative estimate of drug-likeness (QED) is 0.761. The van der Waals surface area contributed by atoms with E-state index >= 15 is 0 Å². The molecule has 1 atom stereocenters. The van der Waals surface area contributed by atoms with Crippen LogP contribution in [-0.4, -0.2) is 25.0 Å². The zero-order valence-corrected chi connectivity index (χ0v) is 11.1. The van der Waals surface area contributed by atoms with Crippen LogP contribution in [0.15, 0.2) is 18.2 Å². The molecule has 0 fully saturated rings. The van der Waals surface area contributed by atoms with Gasteiger partial charge < -0.3 is 10.6 Å². The van der Waals surface area contributed by atoms with Crippen molar-refractivity contribution in [2.45, 2.75) is 26.8 Å². The number of hydrogen-bond donors (Lipinski definition) is 3. The van der Waals surface area contributed by atoms with E-state index in [2.05, 4.69) is 16.0 Å². The molecular weight excluding hydrogens is 230 g/mol.